The Morgan fingerprint density at radius 2 is 1.80 bits per heavy atom. The molecule has 0 aromatic rings. The maximum Gasteiger partial charge on any atom is 0.0704 e. The van der Waals surface area contributed by atoms with Gasteiger partial charge in [0, 0.05) is 0 Å². The molecule has 0 radical (unpaired) electrons. The minimum Gasteiger partial charge on any atom is -0.375 e. The second-order valence-electron chi connectivity index (χ2n) is 3.96. The van der Waals surface area contributed by atoms with Gasteiger partial charge in [0.2, 0.25) is 0 Å². The van der Waals surface area contributed by atoms with Crippen LogP contribution in [0.3, 0.4) is 0 Å². The Balaban J connectivity index is 1.90. The van der Waals surface area contributed by atoms with E-state index in [0.29, 0.717) is 5.60 Å². The second-order valence-corrected chi connectivity index (χ2v) is 3.96. The number of rotatable bonds is 0. The molecule has 2 aliphatic rings. The topological polar surface area (TPSA) is 9.23 Å². The molecule has 0 N–H and O–H groups in total. The first-order valence-electron chi connectivity index (χ1n) is 4.45. The van der Waals surface area contributed by atoms with Gasteiger partial charge >= 0.3 is 0 Å². The van der Waals surface area contributed by atoms with E-state index in [0.717, 1.165) is 12.5 Å². The second kappa shape index (κ2) is 2.23. The molecule has 2 rings (SSSR count). The molecule has 10 heavy (non-hydrogen) atoms. The van der Waals surface area contributed by atoms with Gasteiger partial charge in [0.25, 0.3) is 0 Å². The van der Waals surface area contributed by atoms with Gasteiger partial charge in [0.15, 0.2) is 0 Å². The molecule has 0 unspecified atom stereocenters. The summed E-state index contributed by atoms with van der Waals surface area (Å²) in [5.41, 5.74) is 0.381. The van der Waals surface area contributed by atoms with Crippen molar-refractivity contribution in [3.8, 4) is 0 Å². The minimum absolute atomic E-state index is 0.381. The van der Waals surface area contributed by atoms with Gasteiger partial charge in [-0.2, -0.15) is 0 Å². The van der Waals surface area contributed by atoms with Gasteiger partial charge in [0.1, 0.15) is 0 Å². The van der Waals surface area contributed by atoms with Crippen LogP contribution < -0.4 is 0 Å². The molecular formula is C9H16O. The van der Waals surface area contributed by atoms with Crippen molar-refractivity contribution in [1.29, 1.82) is 0 Å². The van der Waals surface area contributed by atoms with Crippen molar-refractivity contribution >= 4 is 0 Å². The molecule has 1 heterocycles. The van der Waals surface area contributed by atoms with Gasteiger partial charge in [-0.25, -0.2) is 0 Å². The predicted molar refractivity (Wildman–Crippen MR) is 40.9 cm³/mol. The molecule has 1 aliphatic carbocycles. The van der Waals surface area contributed by atoms with Crippen LogP contribution in [-0.4, -0.2) is 12.2 Å². The van der Waals surface area contributed by atoms with Crippen molar-refractivity contribution in [2.75, 3.05) is 6.61 Å². The van der Waals surface area contributed by atoms with Crippen LogP contribution in [0.4, 0.5) is 0 Å². The Morgan fingerprint density at radius 3 is 2.20 bits per heavy atom. The Kier molecular flexibility index (Phi) is 1.48. The average molecular weight is 140 g/mol. The summed E-state index contributed by atoms with van der Waals surface area (Å²) in [7, 11) is 0. The van der Waals surface area contributed by atoms with E-state index < -0.39 is 0 Å². The molecule has 1 aliphatic heterocycles. The highest BCUT2D eigenvalue weighted by molar-refractivity contribution is 4.91. The molecule has 58 valence electrons. The summed E-state index contributed by atoms with van der Waals surface area (Å²) in [6, 6.07) is 0. The largest absolute Gasteiger partial charge is 0.375 e. The SMILES string of the molecule is C[C@H]1CC[C@]2(CCO2)CC1. The van der Waals surface area contributed by atoms with Gasteiger partial charge in [-0.15, -0.1) is 0 Å². The van der Waals surface area contributed by atoms with Crippen LogP contribution in [0.25, 0.3) is 0 Å². The molecule has 0 aromatic carbocycles. The van der Waals surface area contributed by atoms with Gasteiger partial charge in [-0.3, -0.25) is 0 Å². The van der Waals surface area contributed by atoms with Crippen LogP contribution in [0.1, 0.15) is 39.0 Å². The van der Waals surface area contributed by atoms with Crippen molar-refractivity contribution in [2.45, 2.75) is 44.6 Å². The lowest BCUT2D eigenvalue weighted by Gasteiger charge is -2.46. The zero-order valence-electron chi connectivity index (χ0n) is 6.73. The first kappa shape index (κ1) is 6.66. The summed E-state index contributed by atoms with van der Waals surface area (Å²) in [5, 5.41) is 0. The molecule has 1 saturated carbocycles. The van der Waals surface area contributed by atoms with Gasteiger partial charge < -0.3 is 4.74 Å². The quantitative estimate of drug-likeness (QED) is 0.502. The summed E-state index contributed by atoms with van der Waals surface area (Å²) in [4.78, 5) is 0. The normalized spacial score (nSPS) is 47.1. The van der Waals surface area contributed by atoms with E-state index >= 15 is 0 Å². The summed E-state index contributed by atoms with van der Waals surface area (Å²) >= 11 is 0. The van der Waals surface area contributed by atoms with E-state index in [9.17, 15) is 0 Å². The van der Waals surface area contributed by atoms with Crippen LogP contribution in [-0.2, 0) is 4.74 Å². The molecule has 1 heteroatoms. The fraction of sp³-hybridized carbons (Fsp3) is 1.00. The van der Waals surface area contributed by atoms with Crippen molar-refractivity contribution in [3.05, 3.63) is 0 Å². The van der Waals surface area contributed by atoms with E-state index in [-0.39, 0.29) is 0 Å². The summed E-state index contributed by atoms with van der Waals surface area (Å²) in [5.74, 6) is 0.954. The van der Waals surface area contributed by atoms with Crippen molar-refractivity contribution < 1.29 is 4.74 Å². The van der Waals surface area contributed by atoms with Crippen LogP contribution >= 0.6 is 0 Å². The van der Waals surface area contributed by atoms with Crippen LogP contribution in [0, 0.1) is 5.92 Å². The zero-order chi connectivity index (χ0) is 7.03. The number of ether oxygens (including phenoxy) is 1. The molecule has 1 nitrogen and oxygen atoms in total. The first-order chi connectivity index (χ1) is 4.81. The highest BCUT2D eigenvalue weighted by Crippen LogP contribution is 2.42. The van der Waals surface area contributed by atoms with E-state index in [1.54, 1.807) is 0 Å². The molecule has 0 aromatic heterocycles. The lowest BCUT2D eigenvalue weighted by molar-refractivity contribution is -0.169. The third-order valence-corrected chi connectivity index (χ3v) is 3.15. The van der Waals surface area contributed by atoms with Crippen LogP contribution in [0.15, 0.2) is 0 Å². The highest BCUT2D eigenvalue weighted by Gasteiger charge is 2.40. The molecule has 0 atom stereocenters. The van der Waals surface area contributed by atoms with E-state index in [4.69, 9.17) is 4.74 Å². The standard InChI is InChI=1S/C9H16O/c1-8-2-4-9(5-3-8)6-7-10-9/h8H,2-7H2,1H3/t8-,9+. The predicted octanol–water partition coefficient (Wildman–Crippen LogP) is 2.36. The van der Waals surface area contributed by atoms with Crippen LogP contribution in [0.2, 0.25) is 0 Å². The highest BCUT2D eigenvalue weighted by atomic mass is 16.5. The first-order valence-corrected chi connectivity index (χ1v) is 4.45. The third kappa shape index (κ3) is 0.968. The van der Waals surface area contributed by atoms with Crippen molar-refractivity contribution in [2.24, 2.45) is 5.92 Å². The van der Waals surface area contributed by atoms with Crippen LogP contribution in [0.5, 0.6) is 0 Å². The molecule has 0 bridgehead atoms. The molecule has 0 amide bonds. The number of hydrogen-bond acceptors (Lipinski definition) is 1. The van der Waals surface area contributed by atoms with Gasteiger partial charge in [-0.1, -0.05) is 6.92 Å². The fourth-order valence-corrected chi connectivity index (χ4v) is 2.07. The van der Waals surface area contributed by atoms with Crippen molar-refractivity contribution in [1.82, 2.24) is 0 Å². The fourth-order valence-electron chi connectivity index (χ4n) is 2.07. The molecule has 2 fully saturated rings. The summed E-state index contributed by atoms with van der Waals surface area (Å²) < 4.78 is 5.61. The van der Waals surface area contributed by atoms with E-state index in [2.05, 4.69) is 6.92 Å². The monoisotopic (exact) mass is 140 g/mol. The minimum atomic E-state index is 0.381. The molecular weight excluding hydrogens is 124 g/mol. The smallest absolute Gasteiger partial charge is 0.0704 e. The van der Waals surface area contributed by atoms with E-state index in [1.807, 2.05) is 0 Å². The van der Waals surface area contributed by atoms with Gasteiger partial charge in [-0.05, 0) is 38.0 Å². The van der Waals surface area contributed by atoms with Crippen molar-refractivity contribution in [3.63, 3.8) is 0 Å². The maximum atomic E-state index is 5.61. The third-order valence-electron chi connectivity index (χ3n) is 3.15. The Bertz CT molecular complexity index is 117. The Hall–Kier alpha value is -0.0400. The lowest BCUT2D eigenvalue weighted by atomic mass is 9.75. The lowest BCUT2D eigenvalue weighted by Crippen LogP contribution is -2.46. The zero-order valence-corrected chi connectivity index (χ0v) is 6.73. The summed E-state index contributed by atoms with van der Waals surface area (Å²) in [6.45, 7) is 3.37. The Morgan fingerprint density at radius 1 is 1.20 bits per heavy atom. The molecule has 1 spiro atoms. The molecule has 1 saturated heterocycles. The maximum absolute atomic E-state index is 5.61. The van der Waals surface area contributed by atoms with E-state index in [1.165, 1.54) is 32.1 Å². The summed E-state index contributed by atoms with van der Waals surface area (Å²) in [6.07, 6.45) is 6.77. The average Bonchev–Trinajstić information content (AvgIpc) is 1.86. The Labute approximate surface area is 62.8 Å². The number of hydrogen-bond donors (Lipinski definition) is 0. The van der Waals surface area contributed by atoms with Gasteiger partial charge in [0.05, 0.1) is 12.2 Å².